The highest BCUT2D eigenvalue weighted by atomic mass is 32.2. The minimum Gasteiger partial charge on any atom is -0.398 e. The minimum absolute atomic E-state index is 0.0410. The lowest BCUT2D eigenvalue weighted by molar-refractivity contribution is 0.530. The summed E-state index contributed by atoms with van der Waals surface area (Å²) in [5, 5.41) is 0. The van der Waals surface area contributed by atoms with Crippen LogP contribution in [0, 0.1) is 6.92 Å². The number of rotatable bonds is 5. The van der Waals surface area contributed by atoms with Crippen LogP contribution in [0.2, 0.25) is 0 Å². The summed E-state index contributed by atoms with van der Waals surface area (Å²) in [6, 6.07) is 4.93. The molecule has 4 nitrogen and oxygen atoms in total. The Morgan fingerprint density at radius 2 is 1.88 bits per heavy atom. The Kier molecular flexibility index (Phi) is 4.54. The molecule has 0 aromatic heterocycles. The first-order valence-electron chi connectivity index (χ1n) is 5.79. The Balaban J connectivity index is 3.05. The van der Waals surface area contributed by atoms with Crippen molar-refractivity contribution in [2.24, 2.45) is 0 Å². The zero-order valence-corrected chi connectivity index (χ0v) is 11.3. The maximum atomic E-state index is 12.1. The maximum absolute atomic E-state index is 12.1. The van der Waals surface area contributed by atoms with Gasteiger partial charge in [-0.3, -0.25) is 0 Å². The topological polar surface area (TPSA) is 72.2 Å². The van der Waals surface area contributed by atoms with Crippen molar-refractivity contribution >= 4 is 15.7 Å². The molecule has 0 fully saturated rings. The summed E-state index contributed by atoms with van der Waals surface area (Å²) in [7, 11) is -3.51. The Bertz CT molecular complexity index is 479. The summed E-state index contributed by atoms with van der Waals surface area (Å²) in [5.41, 5.74) is 6.99. The molecule has 96 valence electrons. The molecule has 0 unspecified atom stereocenters. The van der Waals surface area contributed by atoms with E-state index in [1.807, 2.05) is 20.8 Å². The quantitative estimate of drug-likeness (QED) is 0.792. The highest BCUT2D eigenvalue weighted by molar-refractivity contribution is 7.89. The Morgan fingerprint density at radius 3 is 2.35 bits per heavy atom. The van der Waals surface area contributed by atoms with Crippen molar-refractivity contribution in [2.75, 3.05) is 5.73 Å². The van der Waals surface area contributed by atoms with Gasteiger partial charge in [0.15, 0.2) is 0 Å². The lowest BCUT2D eigenvalue weighted by atomic mass is 10.2. The lowest BCUT2D eigenvalue weighted by Crippen LogP contribution is -2.34. The summed E-state index contributed by atoms with van der Waals surface area (Å²) in [5.74, 6) is 0. The Morgan fingerprint density at radius 1 is 1.29 bits per heavy atom. The molecule has 0 amide bonds. The van der Waals surface area contributed by atoms with E-state index in [0.29, 0.717) is 5.69 Å². The van der Waals surface area contributed by atoms with E-state index >= 15 is 0 Å². The van der Waals surface area contributed by atoms with E-state index in [2.05, 4.69) is 4.72 Å². The first-order valence-corrected chi connectivity index (χ1v) is 7.27. The van der Waals surface area contributed by atoms with Crippen LogP contribution >= 0.6 is 0 Å². The molecule has 3 N–H and O–H groups in total. The zero-order chi connectivity index (χ0) is 13.1. The third-order valence-corrected chi connectivity index (χ3v) is 4.36. The number of nitrogen functional groups attached to an aromatic ring is 1. The van der Waals surface area contributed by atoms with Crippen LogP contribution in [0.1, 0.15) is 32.3 Å². The Hall–Kier alpha value is -1.07. The number of aryl methyl sites for hydroxylation is 1. The van der Waals surface area contributed by atoms with Gasteiger partial charge in [-0.2, -0.15) is 0 Å². The van der Waals surface area contributed by atoms with Crippen molar-refractivity contribution in [3.05, 3.63) is 23.8 Å². The number of sulfonamides is 1. The van der Waals surface area contributed by atoms with Crippen molar-refractivity contribution in [3.8, 4) is 0 Å². The molecule has 0 saturated carbocycles. The van der Waals surface area contributed by atoms with E-state index in [9.17, 15) is 8.42 Å². The van der Waals surface area contributed by atoms with Crippen LogP contribution in [-0.4, -0.2) is 14.5 Å². The molecule has 0 radical (unpaired) electrons. The first kappa shape index (κ1) is 14.0. The molecule has 1 aromatic rings. The molecule has 0 saturated heterocycles. The van der Waals surface area contributed by atoms with Crippen LogP contribution in [0.15, 0.2) is 23.1 Å². The van der Waals surface area contributed by atoms with Crippen LogP contribution in [0.5, 0.6) is 0 Å². The molecule has 17 heavy (non-hydrogen) atoms. The maximum Gasteiger partial charge on any atom is 0.242 e. The molecule has 5 heteroatoms. The standard InChI is InChI=1S/C12H20N2O2S/c1-4-10(5-2)14-17(15,16)12-7-6-9(3)8-11(12)13/h6-8,10,14H,4-5,13H2,1-3H3. The molecule has 0 atom stereocenters. The second kappa shape index (κ2) is 5.51. The summed E-state index contributed by atoms with van der Waals surface area (Å²) >= 11 is 0. The van der Waals surface area contributed by atoms with Crippen LogP contribution in [-0.2, 0) is 10.0 Å². The van der Waals surface area contributed by atoms with Gasteiger partial charge in [-0.05, 0) is 37.5 Å². The summed E-state index contributed by atoms with van der Waals surface area (Å²) in [6.45, 7) is 5.78. The van der Waals surface area contributed by atoms with Gasteiger partial charge in [0, 0.05) is 6.04 Å². The van der Waals surface area contributed by atoms with Gasteiger partial charge in [0.25, 0.3) is 0 Å². The van der Waals surface area contributed by atoms with Crippen molar-refractivity contribution in [1.82, 2.24) is 4.72 Å². The van der Waals surface area contributed by atoms with Crippen molar-refractivity contribution in [2.45, 2.75) is 44.6 Å². The van der Waals surface area contributed by atoms with Crippen LogP contribution in [0.25, 0.3) is 0 Å². The van der Waals surface area contributed by atoms with E-state index in [0.717, 1.165) is 18.4 Å². The lowest BCUT2D eigenvalue weighted by Gasteiger charge is -2.16. The van der Waals surface area contributed by atoms with Crippen molar-refractivity contribution < 1.29 is 8.42 Å². The number of benzene rings is 1. The van der Waals surface area contributed by atoms with Gasteiger partial charge in [0.05, 0.1) is 5.69 Å². The van der Waals surface area contributed by atoms with Crippen molar-refractivity contribution in [3.63, 3.8) is 0 Å². The van der Waals surface area contributed by atoms with Gasteiger partial charge in [0.2, 0.25) is 10.0 Å². The molecular formula is C12H20N2O2S. The van der Waals surface area contributed by atoms with Gasteiger partial charge in [0.1, 0.15) is 4.90 Å². The van der Waals surface area contributed by atoms with Gasteiger partial charge in [-0.15, -0.1) is 0 Å². The normalized spacial score (nSPS) is 12.0. The fourth-order valence-corrected chi connectivity index (χ4v) is 3.17. The molecule has 0 heterocycles. The molecule has 1 rings (SSSR count). The van der Waals surface area contributed by atoms with Crippen LogP contribution in [0.3, 0.4) is 0 Å². The van der Waals surface area contributed by atoms with Crippen LogP contribution < -0.4 is 10.5 Å². The zero-order valence-electron chi connectivity index (χ0n) is 10.5. The fraction of sp³-hybridized carbons (Fsp3) is 0.500. The molecule has 0 bridgehead atoms. The average molecular weight is 256 g/mol. The third kappa shape index (κ3) is 3.44. The highest BCUT2D eigenvalue weighted by Crippen LogP contribution is 2.20. The number of nitrogens with two attached hydrogens (primary N) is 1. The predicted octanol–water partition coefficient (Wildman–Crippen LogP) is 2.04. The van der Waals surface area contributed by atoms with E-state index in [-0.39, 0.29) is 10.9 Å². The number of hydrogen-bond donors (Lipinski definition) is 2. The molecule has 0 aliphatic carbocycles. The number of hydrogen-bond acceptors (Lipinski definition) is 3. The second-order valence-electron chi connectivity index (χ2n) is 4.18. The number of nitrogens with one attached hydrogen (secondary N) is 1. The van der Waals surface area contributed by atoms with Crippen LogP contribution in [0.4, 0.5) is 5.69 Å². The second-order valence-corrected chi connectivity index (χ2v) is 5.86. The van der Waals surface area contributed by atoms with E-state index in [4.69, 9.17) is 5.73 Å². The summed E-state index contributed by atoms with van der Waals surface area (Å²) < 4.78 is 26.9. The monoisotopic (exact) mass is 256 g/mol. The van der Waals surface area contributed by atoms with E-state index in [1.54, 1.807) is 18.2 Å². The summed E-state index contributed by atoms with van der Waals surface area (Å²) in [4.78, 5) is 0.162. The molecule has 0 aliphatic heterocycles. The van der Waals surface area contributed by atoms with Gasteiger partial charge >= 0.3 is 0 Å². The molecular weight excluding hydrogens is 236 g/mol. The molecule has 1 aromatic carbocycles. The number of anilines is 1. The minimum atomic E-state index is -3.51. The summed E-state index contributed by atoms with van der Waals surface area (Å²) in [6.07, 6.45) is 1.53. The fourth-order valence-electron chi connectivity index (χ4n) is 1.65. The molecule has 0 aliphatic rings. The van der Waals surface area contributed by atoms with Crippen molar-refractivity contribution in [1.29, 1.82) is 0 Å². The smallest absolute Gasteiger partial charge is 0.242 e. The highest BCUT2D eigenvalue weighted by Gasteiger charge is 2.20. The molecule has 0 spiro atoms. The largest absolute Gasteiger partial charge is 0.398 e. The Labute approximate surface area is 103 Å². The first-order chi connectivity index (χ1) is 7.90. The van der Waals surface area contributed by atoms with Gasteiger partial charge in [-0.25, -0.2) is 13.1 Å². The SMILES string of the molecule is CCC(CC)NS(=O)(=O)c1ccc(C)cc1N. The average Bonchev–Trinajstić information content (AvgIpc) is 2.25. The van der Waals surface area contributed by atoms with E-state index < -0.39 is 10.0 Å². The third-order valence-electron chi connectivity index (χ3n) is 2.76. The predicted molar refractivity (Wildman–Crippen MR) is 70.3 cm³/mol. The van der Waals surface area contributed by atoms with E-state index in [1.165, 1.54) is 0 Å². The van der Waals surface area contributed by atoms with Gasteiger partial charge in [-0.1, -0.05) is 19.9 Å². The van der Waals surface area contributed by atoms with Gasteiger partial charge < -0.3 is 5.73 Å².